The average Bonchev–Trinajstić information content (AvgIpc) is 2.04. The van der Waals surface area contributed by atoms with Gasteiger partial charge in [-0.25, -0.2) is 0 Å². The summed E-state index contributed by atoms with van der Waals surface area (Å²) < 4.78 is 4.93. The molecule has 0 atom stereocenters. The second kappa shape index (κ2) is 4.21. The first kappa shape index (κ1) is 10.7. The lowest BCUT2D eigenvalue weighted by Crippen LogP contribution is -2.27. The van der Waals surface area contributed by atoms with E-state index in [-0.39, 0.29) is 11.9 Å². The van der Waals surface area contributed by atoms with Gasteiger partial charge in [0.25, 0.3) is 0 Å². The SMILES string of the molecule is [B]C1([B])CCC(C(=O)OCC)CC1. The van der Waals surface area contributed by atoms with Crippen LogP contribution >= 0.6 is 0 Å². The third-order valence-corrected chi connectivity index (χ3v) is 2.54. The maximum atomic E-state index is 11.3. The van der Waals surface area contributed by atoms with Gasteiger partial charge < -0.3 is 4.74 Å². The molecule has 0 unspecified atom stereocenters. The zero-order chi connectivity index (χ0) is 9.90. The molecule has 0 aromatic heterocycles. The fraction of sp³-hybridized carbons (Fsp3) is 0.889. The third-order valence-electron chi connectivity index (χ3n) is 2.54. The Morgan fingerprint density at radius 1 is 1.46 bits per heavy atom. The number of carbonyl (C=O) groups is 1. The van der Waals surface area contributed by atoms with Crippen molar-refractivity contribution in [2.75, 3.05) is 6.61 Å². The fourth-order valence-corrected chi connectivity index (χ4v) is 1.65. The normalized spacial score (nSPS) is 22.5. The van der Waals surface area contributed by atoms with E-state index in [9.17, 15) is 4.79 Å². The minimum absolute atomic E-state index is 0.0141. The lowest BCUT2D eigenvalue weighted by atomic mass is 9.47. The summed E-state index contributed by atoms with van der Waals surface area (Å²) in [6.45, 7) is 2.27. The van der Waals surface area contributed by atoms with Crippen LogP contribution in [0.4, 0.5) is 0 Å². The molecule has 0 aromatic carbocycles. The van der Waals surface area contributed by atoms with Crippen molar-refractivity contribution in [1.82, 2.24) is 0 Å². The third kappa shape index (κ3) is 3.09. The molecule has 4 radical (unpaired) electrons. The molecule has 1 fully saturated rings. The Bertz CT molecular complexity index is 182. The van der Waals surface area contributed by atoms with Crippen LogP contribution in [0.5, 0.6) is 0 Å². The molecule has 0 spiro atoms. The van der Waals surface area contributed by atoms with Gasteiger partial charge in [-0.2, -0.15) is 0 Å². The highest BCUT2D eigenvalue weighted by Crippen LogP contribution is 2.39. The van der Waals surface area contributed by atoms with Gasteiger partial charge in [0.05, 0.1) is 28.2 Å². The first-order chi connectivity index (χ1) is 6.05. The predicted molar refractivity (Wildman–Crippen MR) is 52.8 cm³/mol. The molecule has 0 heterocycles. The molecule has 0 bridgehead atoms. The zero-order valence-electron chi connectivity index (χ0n) is 8.08. The van der Waals surface area contributed by atoms with Gasteiger partial charge in [-0.05, 0) is 19.8 Å². The number of hydrogen-bond acceptors (Lipinski definition) is 2. The van der Waals surface area contributed by atoms with Crippen LogP contribution in [-0.4, -0.2) is 28.3 Å². The molecule has 2 nitrogen and oxygen atoms in total. The van der Waals surface area contributed by atoms with Gasteiger partial charge in [0.1, 0.15) is 0 Å². The summed E-state index contributed by atoms with van der Waals surface area (Å²) in [5.41, 5.74) is 0. The number of carbonyl (C=O) groups excluding carboxylic acids is 1. The highest BCUT2D eigenvalue weighted by atomic mass is 16.5. The molecule has 1 rings (SSSR count). The Morgan fingerprint density at radius 3 is 2.46 bits per heavy atom. The monoisotopic (exact) mass is 176 g/mol. The highest BCUT2D eigenvalue weighted by molar-refractivity contribution is 6.39. The number of hydrogen-bond donors (Lipinski definition) is 0. The van der Waals surface area contributed by atoms with Crippen molar-refractivity contribution < 1.29 is 9.53 Å². The van der Waals surface area contributed by atoms with Crippen molar-refractivity contribution in [3.63, 3.8) is 0 Å². The Morgan fingerprint density at radius 2 is 2.00 bits per heavy atom. The molecule has 1 aliphatic carbocycles. The minimum Gasteiger partial charge on any atom is -0.466 e. The summed E-state index contributed by atoms with van der Waals surface area (Å²) in [6, 6.07) is 0. The average molecular weight is 176 g/mol. The number of rotatable bonds is 2. The number of ether oxygens (including phenoxy) is 1. The van der Waals surface area contributed by atoms with Crippen LogP contribution in [0.15, 0.2) is 0 Å². The van der Waals surface area contributed by atoms with E-state index in [0.29, 0.717) is 19.4 Å². The lowest BCUT2D eigenvalue weighted by Gasteiger charge is -2.33. The van der Waals surface area contributed by atoms with Crippen molar-refractivity contribution >= 4 is 21.7 Å². The summed E-state index contributed by atoms with van der Waals surface area (Å²) in [5.74, 6) is -0.0850. The van der Waals surface area contributed by atoms with E-state index in [1.165, 1.54) is 0 Å². The van der Waals surface area contributed by atoms with Crippen molar-refractivity contribution in [1.29, 1.82) is 0 Å². The van der Waals surface area contributed by atoms with Crippen LogP contribution in [0.3, 0.4) is 0 Å². The summed E-state index contributed by atoms with van der Waals surface area (Å²) >= 11 is 0. The van der Waals surface area contributed by atoms with Crippen molar-refractivity contribution in [2.45, 2.75) is 37.8 Å². The molecular formula is C9H14B2O2. The first-order valence-electron chi connectivity index (χ1n) is 4.79. The molecule has 4 heteroatoms. The van der Waals surface area contributed by atoms with Gasteiger partial charge in [-0.15, -0.1) is 0 Å². The Balaban J connectivity index is 2.36. The van der Waals surface area contributed by atoms with Crippen LogP contribution < -0.4 is 0 Å². The van der Waals surface area contributed by atoms with Gasteiger partial charge in [-0.1, -0.05) is 18.1 Å². The van der Waals surface area contributed by atoms with Crippen molar-refractivity contribution in [3.8, 4) is 0 Å². The smallest absolute Gasteiger partial charge is 0.308 e. The second-order valence-corrected chi connectivity index (χ2v) is 3.76. The highest BCUT2D eigenvalue weighted by Gasteiger charge is 2.30. The molecule has 68 valence electrons. The minimum atomic E-state index is -0.566. The standard InChI is InChI=1S/C9H14B2O2/c1-2-13-8(12)7-3-5-9(10,11)6-4-7/h7H,2-6H2,1H3. The predicted octanol–water partition coefficient (Wildman–Crippen LogP) is 1.19. The summed E-state index contributed by atoms with van der Waals surface area (Å²) in [4.78, 5) is 11.3. The first-order valence-corrected chi connectivity index (χ1v) is 4.79. The maximum Gasteiger partial charge on any atom is 0.308 e. The maximum absolute atomic E-state index is 11.3. The zero-order valence-corrected chi connectivity index (χ0v) is 8.08. The van der Waals surface area contributed by atoms with Gasteiger partial charge >= 0.3 is 5.97 Å². The second-order valence-electron chi connectivity index (χ2n) is 3.76. The van der Waals surface area contributed by atoms with E-state index < -0.39 is 5.21 Å². The molecule has 1 saturated carbocycles. The molecule has 0 aromatic rings. The summed E-state index contributed by atoms with van der Waals surface area (Å²) in [7, 11) is 11.5. The van der Waals surface area contributed by atoms with E-state index in [2.05, 4.69) is 0 Å². The molecule has 1 aliphatic rings. The molecule has 0 amide bonds. The quantitative estimate of drug-likeness (QED) is 0.466. The van der Waals surface area contributed by atoms with Crippen LogP contribution in [0.2, 0.25) is 5.21 Å². The van der Waals surface area contributed by atoms with E-state index in [1.54, 1.807) is 0 Å². The van der Waals surface area contributed by atoms with Gasteiger partial charge in [-0.3, -0.25) is 4.79 Å². The Hall–Kier alpha value is -0.400. The lowest BCUT2D eigenvalue weighted by molar-refractivity contribution is -0.149. The van der Waals surface area contributed by atoms with E-state index in [1.807, 2.05) is 6.92 Å². The summed E-state index contributed by atoms with van der Waals surface area (Å²) in [5, 5.41) is -0.566. The van der Waals surface area contributed by atoms with Crippen LogP contribution in [0.25, 0.3) is 0 Å². The van der Waals surface area contributed by atoms with Crippen LogP contribution in [-0.2, 0) is 9.53 Å². The molecule has 0 aliphatic heterocycles. The Labute approximate surface area is 82.2 Å². The van der Waals surface area contributed by atoms with E-state index in [0.717, 1.165) is 12.8 Å². The molecule has 0 saturated heterocycles. The van der Waals surface area contributed by atoms with E-state index in [4.69, 9.17) is 20.4 Å². The van der Waals surface area contributed by atoms with Gasteiger partial charge in [0.2, 0.25) is 0 Å². The fourth-order valence-electron chi connectivity index (χ4n) is 1.65. The summed E-state index contributed by atoms with van der Waals surface area (Å²) in [6.07, 6.45) is 2.92. The van der Waals surface area contributed by atoms with Crippen LogP contribution in [0, 0.1) is 5.92 Å². The van der Waals surface area contributed by atoms with Crippen molar-refractivity contribution in [3.05, 3.63) is 0 Å². The van der Waals surface area contributed by atoms with Crippen LogP contribution in [0.1, 0.15) is 32.6 Å². The van der Waals surface area contributed by atoms with E-state index >= 15 is 0 Å². The molecular weight excluding hydrogens is 162 g/mol. The molecule has 13 heavy (non-hydrogen) atoms. The van der Waals surface area contributed by atoms with Gasteiger partial charge in [0.15, 0.2) is 0 Å². The Kier molecular flexibility index (Phi) is 3.46. The topological polar surface area (TPSA) is 26.3 Å². The largest absolute Gasteiger partial charge is 0.466 e. The number of esters is 1. The molecule has 0 N–H and O–H groups in total. The van der Waals surface area contributed by atoms with Gasteiger partial charge in [0, 0.05) is 0 Å². The van der Waals surface area contributed by atoms with Crippen molar-refractivity contribution in [2.24, 2.45) is 5.92 Å².